The van der Waals surface area contributed by atoms with Crippen molar-refractivity contribution in [2.24, 2.45) is 0 Å². The van der Waals surface area contributed by atoms with E-state index in [-0.39, 0.29) is 11.9 Å². The molecule has 1 saturated heterocycles. The fourth-order valence-electron chi connectivity index (χ4n) is 0.846. The van der Waals surface area contributed by atoms with Gasteiger partial charge in [-0.05, 0) is 13.3 Å². The molecule has 0 aromatic heterocycles. The highest BCUT2D eigenvalue weighted by atomic mass is 16.2. The SMILES string of the molecule is [B]N1C(=O)CCC1C. The number of rotatable bonds is 0. The van der Waals surface area contributed by atoms with Crippen LogP contribution in [0.5, 0.6) is 0 Å². The Morgan fingerprint density at radius 1 is 1.88 bits per heavy atom. The molecular weight excluding hydrogens is 101 g/mol. The van der Waals surface area contributed by atoms with E-state index >= 15 is 0 Å². The summed E-state index contributed by atoms with van der Waals surface area (Å²) in [5, 5.41) is 0. The highest BCUT2D eigenvalue weighted by Gasteiger charge is 2.22. The van der Waals surface area contributed by atoms with Gasteiger partial charge in [0.25, 0.3) is 0 Å². The zero-order chi connectivity index (χ0) is 6.15. The maximum atomic E-state index is 10.6. The summed E-state index contributed by atoms with van der Waals surface area (Å²) in [6.07, 6.45) is 1.53. The van der Waals surface area contributed by atoms with Crippen LogP contribution in [0, 0.1) is 0 Å². The number of carbonyl (C=O) groups excluding carboxylic acids is 1. The third-order valence-electron chi connectivity index (χ3n) is 1.54. The molecule has 0 saturated carbocycles. The van der Waals surface area contributed by atoms with Crippen molar-refractivity contribution in [3.63, 3.8) is 0 Å². The molecule has 1 atom stereocenters. The lowest BCUT2D eigenvalue weighted by atomic mass is 10.2. The summed E-state index contributed by atoms with van der Waals surface area (Å²) in [6.45, 7) is 1.95. The lowest BCUT2D eigenvalue weighted by molar-refractivity contribution is -0.124. The van der Waals surface area contributed by atoms with Crippen molar-refractivity contribution in [1.82, 2.24) is 4.81 Å². The van der Waals surface area contributed by atoms with E-state index in [2.05, 4.69) is 0 Å². The topological polar surface area (TPSA) is 20.3 Å². The molecule has 2 radical (unpaired) electrons. The van der Waals surface area contributed by atoms with Gasteiger partial charge in [0.05, 0.1) is 0 Å². The van der Waals surface area contributed by atoms with Crippen molar-refractivity contribution in [3.8, 4) is 0 Å². The fraction of sp³-hybridized carbons (Fsp3) is 0.800. The largest absolute Gasteiger partial charge is 0.394 e. The molecule has 1 aliphatic rings. The highest BCUT2D eigenvalue weighted by molar-refractivity contribution is 6.15. The van der Waals surface area contributed by atoms with Crippen LogP contribution in [0.4, 0.5) is 0 Å². The minimum atomic E-state index is 0.0671. The Kier molecular flexibility index (Phi) is 1.28. The van der Waals surface area contributed by atoms with Crippen LogP contribution in [0.1, 0.15) is 19.8 Å². The molecule has 0 N–H and O–H groups in total. The Bertz CT molecular complexity index is 115. The molecular formula is C5H8BNO. The molecule has 42 valence electrons. The molecule has 3 heteroatoms. The smallest absolute Gasteiger partial charge is 0.230 e. The van der Waals surface area contributed by atoms with Crippen LogP contribution in [0.15, 0.2) is 0 Å². The number of amides is 1. The van der Waals surface area contributed by atoms with Crippen molar-refractivity contribution in [1.29, 1.82) is 0 Å². The van der Waals surface area contributed by atoms with Crippen molar-refractivity contribution in [3.05, 3.63) is 0 Å². The molecule has 1 fully saturated rings. The van der Waals surface area contributed by atoms with Gasteiger partial charge in [0.1, 0.15) is 0 Å². The molecule has 2 nitrogen and oxygen atoms in total. The van der Waals surface area contributed by atoms with Gasteiger partial charge in [-0.25, -0.2) is 0 Å². The zero-order valence-electron chi connectivity index (χ0n) is 4.92. The fourth-order valence-corrected chi connectivity index (χ4v) is 0.846. The van der Waals surface area contributed by atoms with E-state index in [1.807, 2.05) is 6.92 Å². The zero-order valence-corrected chi connectivity index (χ0v) is 4.92. The summed E-state index contributed by atoms with van der Waals surface area (Å²) >= 11 is 0. The summed E-state index contributed by atoms with van der Waals surface area (Å²) in [6, 6.07) is 0.252. The van der Waals surface area contributed by atoms with Crippen LogP contribution < -0.4 is 0 Å². The molecule has 1 aliphatic heterocycles. The molecule has 0 aromatic carbocycles. The average molecular weight is 109 g/mol. The third kappa shape index (κ3) is 0.724. The molecule has 0 aliphatic carbocycles. The summed E-state index contributed by atoms with van der Waals surface area (Å²) in [5.41, 5.74) is 0. The second-order valence-corrected chi connectivity index (χ2v) is 2.19. The quantitative estimate of drug-likeness (QED) is 0.403. The van der Waals surface area contributed by atoms with Gasteiger partial charge in [-0.15, -0.1) is 0 Å². The van der Waals surface area contributed by atoms with Crippen molar-refractivity contribution in [2.75, 3.05) is 0 Å². The Balaban J connectivity index is 2.56. The monoisotopic (exact) mass is 109 g/mol. The van der Waals surface area contributed by atoms with Crippen LogP contribution in [0.2, 0.25) is 0 Å². The maximum absolute atomic E-state index is 10.6. The van der Waals surface area contributed by atoms with E-state index in [0.717, 1.165) is 6.42 Å². The molecule has 8 heavy (non-hydrogen) atoms. The Morgan fingerprint density at radius 3 is 2.62 bits per heavy atom. The second kappa shape index (κ2) is 1.80. The van der Waals surface area contributed by atoms with Crippen molar-refractivity contribution in [2.45, 2.75) is 25.8 Å². The summed E-state index contributed by atoms with van der Waals surface area (Å²) < 4.78 is 0. The Morgan fingerprint density at radius 2 is 2.50 bits per heavy atom. The van der Waals surface area contributed by atoms with Crippen LogP contribution >= 0.6 is 0 Å². The first-order chi connectivity index (χ1) is 3.72. The molecule has 0 spiro atoms. The van der Waals surface area contributed by atoms with Crippen LogP contribution in [-0.4, -0.2) is 24.7 Å². The van der Waals surface area contributed by atoms with Crippen molar-refractivity contribution >= 4 is 13.9 Å². The first-order valence-electron chi connectivity index (χ1n) is 2.78. The second-order valence-electron chi connectivity index (χ2n) is 2.19. The normalized spacial score (nSPS) is 29.4. The van der Waals surface area contributed by atoms with Gasteiger partial charge in [0, 0.05) is 12.5 Å². The van der Waals surface area contributed by atoms with Gasteiger partial charge in [0.2, 0.25) is 13.9 Å². The van der Waals surface area contributed by atoms with Gasteiger partial charge >= 0.3 is 0 Å². The van der Waals surface area contributed by atoms with Crippen LogP contribution in [0.25, 0.3) is 0 Å². The maximum Gasteiger partial charge on any atom is 0.230 e. The molecule has 1 heterocycles. The average Bonchev–Trinajstić information content (AvgIpc) is 1.98. The first kappa shape index (κ1) is 5.67. The summed E-state index contributed by atoms with van der Waals surface area (Å²) in [5.74, 6) is 0.0671. The number of hydrogen-bond acceptors (Lipinski definition) is 1. The minimum Gasteiger partial charge on any atom is -0.394 e. The van der Waals surface area contributed by atoms with E-state index in [1.165, 1.54) is 4.81 Å². The van der Waals surface area contributed by atoms with Gasteiger partial charge < -0.3 is 4.81 Å². The van der Waals surface area contributed by atoms with E-state index in [9.17, 15) is 4.79 Å². The van der Waals surface area contributed by atoms with E-state index in [4.69, 9.17) is 7.98 Å². The lowest BCUT2D eigenvalue weighted by Gasteiger charge is -2.14. The van der Waals surface area contributed by atoms with Gasteiger partial charge in [-0.2, -0.15) is 0 Å². The Labute approximate surface area is 50.3 Å². The summed E-state index contributed by atoms with van der Waals surface area (Å²) in [7, 11) is 5.31. The molecule has 1 rings (SSSR count). The first-order valence-corrected chi connectivity index (χ1v) is 2.78. The lowest BCUT2D eigenvalue weighted by Crippen LogP contribution is -2.27. The standard InChI is InChI=1S/C5H8BNO/c1-4-2-3-5(8)7(4)6/h4H,2-3H2,1H3. The minimum absolute atomic E-state index is 0.0671. The van der Waals surface area contributed by atoms with E-state index in [0.29, 0.717) is 6.42 Å². The van der Waals surface area contributed by atoms with Crippen LogP contribution in [-0.2, 0) is 4.79 Å². The highest BCUT2D eigenvalue weighted by Crippen LogP contribution is 2.13. The van der Waals surface area contributed by atoms with Gasteiger partial charge in [0.15, 0.2) is 0 Å². The van der Waals surface area contributed by atoms with Gasteiger partial charge in [-0.3, -0.25) is 4.79 Å². The third-order valence-corrected chi connectivity index (χ3v) is 1.54. The predicted molar refractivity (Wildman–Crippen MR) is 31.3 cm³/mol. The molecule has 1 unspecified atom stereocenters. The Hall–Kier alpha value is -0.465. The molecule has 0 bridgehead atoms. The number of nitrogens with zero attached hydrogens (tertiary/aromatic N) is 1. The number of hydrogen-bond donors (Lipinski definition) is 0. The van der Waals surface area contributed by atoms with Crippen molar-refractivity contribution < 1.29 is 4.79 Å². The predicted octanol–water partition coefficient (Wildman–Crippen LogP) is 0.0808. The molecule has 1 amide bonds. The van der Waals surface area contributed by atoms with E-state index in [1.54, 1.807) is 0 Å². The van der Waals surface area contributed by atoms with Gasteiger partial charge in [-0.1, -0.05) is 0 Å². The summed E-state index contributed by atoms with van der Waals surface area (Å²) in [4.78, 5) is 11.9. The number of carbonyl (C=O) groups is 1. The molecule has 0 aromatic rings. The van der Waals surface area contributed by atoms with E-state index < -0.39 is 0 Å². The van der Waals surface area contributed by atoms with Crippen LogP contribution in [0.3, 0.4) is 0 Å².